The fourth-order valence-electron chi connectivity index (χ4n) is 2.05. The first-order chi connectivity index (χ1) is 12.9. The van der Waals surface area contributed by atoms with Crippen LogP contribution in [-0.4, -0.2) is 52.9 Å². The molecule has 28 heavy (non-hydrogen) atoms. The molecule has 0 fully saturated rings. The third-order valence-corrected chi connectivity index (χ3v) is 3.46. The number of Topliss-reactive ketones (excluding diaryl/α,β-unsaturated/α-hetero) is 1. The highest BCUT2D eigenvalue weighted by atomic mass is 16.6. The number of esters is 1. The minimum absolute atomic E-state index is 0.100. The summed E-state index contributed by atoms with van der Waals surface area (Å²) in [6, 6.07) is 4.30. The van der Waals surface area contributed by atoms with Crippen LogP contribution < -0.4 is 16.4 Å². The van der Waals surface area contributed by atoms with Gasteiger partial charge in [-0.05, 0) is 51.8 Å². The van der Waals surface area contributed by atoms with E-state index in [9.17, 15) is 24.3 Å². The molecule has 9 heteroatoms. The molecule has 1 aromatic carbocycles. The van der Waals surface area contributed by atoms with Gasteiger partial charge in [0, 0.05) is 0 Å². The maximum absolute atomic E-state index is 12.1. The summed E-state index contributed by atoms with van der Waals surface area (Å²) in [5.74, 6) is -3.25. The zero-order valence-electron chi connectivity index (χ0n) is 16.4. The molecule has 0 aromatic heterocycles. The number of phenols is 1. The summed E-state index contributed by atoms with van der Waals surface area (Å²) < 4.78 is 4.89. The number of benzene rings is 1. The van der Waals surface area contributed by atoms with Crippen LogP contribution in [0.5, 0.6) is 5.75 Å². The summed E-state index contributed by atoms with van der Waals surface area (Å²) in [6.07, 6.45) is 0.210. The number of nitrogens with two attached hydrogens (primary N) is 1. The van der Waals surface area contributed by atoms with Crippen molar-refractivity contribution in [3.05, 3.63) is 29.8 Å². The lowest BCUT2D eigenvalue weighted by molar-refractivity contribution is -0.162. The quantitative estimate of drug-likeness (QED) is 0.410. The molecule has 0 saturated heterocycles. The minimum Gasteiger partial charge on any atom is -0.508 e. The lowest BCUT2D eigenvalue weighted by Gasteiger charge is -2.19. The molecular weight excluding hydrogens is 366 g/mol. The monoisotopic (exact) mass is 392 g/mol. The first kappa shape index (κ1) is 23.1. The highest BCUT2D eigenvalue weighted by Gasteiger charge is 2.26. The van der Waals surface area contributed by atoms with E-state index in [1.54, 1.807) is 32.9 Å². The zero-order valence-corrected chi connectivity index (χ0v) is 16.4. The number of nitrogens with zero attached hydrogens (tertiary/aromatic N) is 1. The van der Waals surface area contributed by atoms with Gasteiger partial charge >= 0.3 is 5.97 Å². The van der Waals surface area contributed by atoms with Gasteiger partial charge in [0.25, 0.3) is 11.7 Å². The third-order valence-electron chi connectivity index (χ3n) is 3.46. The van der Waals surface area contributed by atoms with Crippen molar-refractivity contribution in [3.8, 4) is 5.75 Å². The Hall–Kier alpha value is -2.94. The Morgan fingerprint density at radius 1 is 1.18 bits per heavy atom. The second kappa shape index (κ2) is 9.84. The Balaban J connectivity index is 2.45. The third kappa shape index (κ3) is 8.17. The molecule has 0 aliphatic rings. The average molecular weight is 392 g/mol. The van der Waals surface area contributed by atoms with E-state index in [-0.39, 0.29) is 12.2 Å². The largest absolute Gasteiger partial charge is 0.508 e. The van der Waals surface area contributed by atoms with Crippen LogP contribution in [0.15, 0.2) is 24.3 Å². The van der Waals surface area contributed by atoms with E-state index in [1.165, 1.54) is 19.1 Å². The number of ketones is 1. The number of phenolic OH excluding ortho intramolecular Hbond substituents is 1. The van der Waals surface area contributed by atoms with E-state index >= 15 is 0 Å². The molecule has 153 valence electrons. The number of aromatic hydroxyl groups is 1. The smallest absolute Gasteiger partial charge is 0.377 e. The van der Waals surface area contributed by atoms with E-state index in [2.05, 4.69) is 10.6 Å². The number of ether oxygens (including phenoxy) is 1. The standard InChI is InChI=1S/C19H26N3O6/c1-11(16(25)21-10-15(24)18(27)28-19(2,3)4)22-17(26)14(20)9-12-5-7-13(23)8-6-12/h5-8,11,14,23H,9-10,20H2,1-4H3,(H,22,26)/t11-,14+/m1/s1. The van der Waals surface area contributed by atoms with Gasteiger partial charge in [0.1, 0.15) is 23.9 Å². The molecular formula is C19H26N3O6. The molecule has 0 heterocycles. The van der Waals surface area contributed by atoms with E-state index < -0.39 is 47.8 Å². The van der Waals surface area contributed by atoms with E-state index in [4.69, 9.17) is 10.5 Å². The highest BCUT2D eigenvalue weighted by molar-refractivity contribution is 6.34. The summed E-state index contributed by atoms with van der Waals surface area (Å²) in [4.78, 5) is 47.3. The van der Waals surface area contributed by atoms with Gasteiger partial charge in [-0.15, -0.1) is 0 Å². The lowest BCUT2D eigenvalue weighted by Crippen LogP contribution is -2.50. The number of hydrogen-bond donors (Lipinski definition) is 3. The van der Waals surface area contributed by atoms with Crippen molar-refractivity contribution in [1.29, 1.82) is 0 Å². The fraction of sp³-hybridized carbons (Fsp3) is 0.474. The number of amides is 2. The van der Waals surface area contributed by atoms with Crippen molar-refractivity contribution in [2.75, 3.05) is 6.54 Å². The van der Waals surface area contributed by atoms with Crippen molar-refractivity contribution in [3.63, 3.8) is 0 Å². The number of carbonyl (C=O) groups excluding carboxylic acids is 4. The van der Waals surface area contributed by atoms with Crippen molar-refractivity contribution < 1.29 is 29.0 Å². The molecule has 0 bridgehead atoms. The normalized spacial score (nSPS) is 13.2. The van der Waals surface area contributed by atoms with Gasteiger partial charge in [-0.1, -0.05) is 12.1 Å². The topological polar surface area (TPSA) is 150 Å². The van der Waals surface area contributed by atoms with Crippen LogP contribution in [0.3, 0.4) is 0 Å². The van der Waals surface area contributed by atoms with Gasteiger partial charge in [-0.3, -0.25) is 14.4 Å². The Morgan fingerprint density at radius 3 is 2.29 bits per heavy atom. The van der Waals surface area contributed by atoms with Crippen LogP contribution >= 0.6 is 0 Å². The second-order valence-electron chi connectivity index (χ2n) is 7.29. The molecule has 9 nitrogen and oxygen atoms in total. The molecule has 0 aliphatic heterocycles. The van der Waals surface area contributed by atoms with Crippen molar-refractivity contribution in [2.24, 2.45) is 5.73 Å². The minimum atomic E-state index is -1.07. The van der Waals surface area contributed by atoms with Crippen molar-refractivity contribution in [1.82, 2.24) is 10.6 Å². The Bertz CT molecular complexity index is 724. The van der Waals surface area contributed by atoms with Gasteiger partial charge in [0.2, 0.25) is 5.91 Å². The van der Waals surface area contributed by atoms with Crippen LogP contribution in [0.1, 0.15) is 33.3 Å². The number of nitrogens with one attached hydrogen (secondary N) is 1. The van der Waals surface area contributed by atoms with Crippen LogP contribution in [0.2, 0.25) is 0 Å². The maximum Gasteiger partial charge on any atom is 0.377 e. The first-order valence-corrected chi connectivity index (χ1v) is 8.70. The molecule has 4 N–H and O–H groups in total. The Labute approximate surface area is 163 Å². The van der Waals surface area contributed by atoms with Crippen molar-refractivity contribution in [2.45, 2.75) is 51.8 Å². The summed E-state index contributed by atoms with van der Waals surface area (Å²) in [5, 5.41) is 15.2. The molecule has 2 amide bonds. The van der Waals surface area contributed by atoms with Gasteiger partial charge < -0.3 is 20.9 Å². The average Bonchev–Trinajstić information content (AvgIpc) is 2.59. The van der Waals surface area contributed by atoms with Gasteiger partial charge in [-0.25, -0.2) is 10.1 Å². The molecule has 0 unspecified atom stereocenters. The summed E-state index contributed by atoms with van der Waals surface area (Å²) in [7, 11) is 0. The highest BCUT2D eigenvalue weighted by Crippen LogP contribution is 2.11. The first-order valence-electron chi connectivity index (χ1n) is 8.70. The molecule has 0 spiro atoms. The van der Waals surface area contributed by atoms with Gasteiger partial charge in [0.05, 0.1) is 6.04 Å². The van der Waals surface area contributed by atoms with Crippen LogP contribution in [0, 0.1) is 0 Å². The maximum atomic E-state index is 12.1. The predicted octanol–water partition coefficient (Wildman–Crippen LogP) is -0.192. The van der Waals surface area contributed by atoms with Crippen molar-refractivity contribution >= 4 is 23.6 Å². The molecule has 0 aliphatic carbocycles. The lowest BCUT2D eigenvalue weighted by atomic mass is 10.1. The molecule has 1 radical (unpaired) electrons. The van der Waals surface area contributed by atoms with E-state index in [0.29, 0.717) is 0 Å². The van der Waals surface area contributed by atoms with Crippen LogP contribution in [-0.2, 0) is 30.3 Å². The Morgan fingerprint density at radius 2 is 1.75 bits per heavy atom. The second-order valence-corrected chi connectivity index (χ2v) is 7.29. The molecule has 1 rings (SSSR count). The number of hydrogen-bond acceptors (Lipinski definition) is 7. The van der Waals surface area contributed by atoms with Crippen LogP contribution in [0.4, 0.5) is 0 Å². The molecule has 0 saturated carbocycles. The number of carbonyl (C=O) groups is 4. The summed E-state index contributed by atoms with van der Waals surface area (Å²) in [6.45, 7) is 5.57. The Kier molecular flexibility index (Phi) is 8.12. The summed E-state index contributed by atoms with van der Waals surface area (Å²) >= 11 is 0. The van der Waals surface area contributed by atoms with Crippen LogP contribution in [0.25, 0.3) is 0 Å². The predicted molar refractivity (Wildman–Crippen MR) is 100 cm³/mol. The number of rotatable bonds is 8. The fourth-order valence-corrected chi connectivity index (χ4v) is 2.05. The summed E-state index contributed by atoms with van der Waals surface area (Å²) in [5.41, 5.74) is 5.74. The van der Waals surface area contributed by atoms with E-state index in [1.807, 2.05) is 0 Å². The SMILES string of the molecule is C[C@@H](NC(=O)[C@@H](N)Cc1ccc(O)cc1)C(=O)[N]CC(=O)C(=O)OC(C)(C)C. The van der Waals surface area contributed by atoms with Gasteiger partial charge in [-0.2, -0.15) is 0 Å². The zero-order chi connectivity index (χ0) is 21.5. The van der Waals surface area contributed by atoms with Gasteiger partial charge in [0.15, 0.2) is 0 Å². The molecule has 1 aromatic rings. The molecule has 2 atom stereocenters. The van der Waals surface area contributed by atoms with E-state index in [0.717, 1.165) is 5.56 Å².